The van der Waals surface area contributed by atoms with Crippen LogP contribution in [0.25, 0.3) is 0 Å². The fourth-order valence-electron chi connectivity index (χ4n) is 3.00. The molecular formula is C15H18N2O2. The van der Waals surface area contributed by atoms with Crippen molar-refractivity contribution in [2.45, 2.75) is 38.1 Å². The van der Waals surface area contributed by atoms with Gasteiger partial charge in [0, 0.05) is 23.2 Å². The minimum Gasteiger partial charge on any atom is -0.328 e. The molecule has 1 saturated carbocycles. The highest BCUT2D eigenvalue weighted by molar-refractivity contribution is 6.02. The second-order valence-electron chi connectivity index (χ2n) is 5.57. The number of carbonyl (C=O) groups is 2. The second-order valence-corrected chi connectivity index (χ2v) is 5.57. The van der Waals surface area contributed by atoms with Crippen molar-refractivity contribution in [3.8, 4) is 0 Å². The van der Waals surface area contributed by atoms with Crippen LogP contribution in [0.1, 0.15) is 41.6 Å². The van der Waals surface area contributed by atoms with Crippen molar-refractivity contribution in [3.05, 3.63) is 29.3 Å². The number of hydrogen-bond donors (Lipinski definition) is 2. The molecule has 100 valence electrons. The van der Waals surface area contributed by atoms with E-state index in [2.05, 4.69) is 5.32 Å². The molecule has 0 radical (unpaired) electrons. The molecule has 0 aromatic heterocycles. The zero-order valence-corrected chi connectivity index (χ0v) is 10.8. The van der Waals surface area contributed by atoms with Gasteiger partial charge in [0.2, 0.25) is 5.91 Å². The number of rotatable bonds is 2. The van der Waals surface area contributed by atoms with Gasteiger partial charge < -0.3 is 11.1 Å². The smallest absolute Gasteiger partial charge is 0.228 e. The molecule has 0 atom stereocenters. The molecule has 0 saturated heterocycles. The van der Waals surface area contributed by atoms with E-state index in [1.807, 2.05) is 18.2 Å². The fraction of sp³-hybridized carbons (Fsp3) is 0.467. The SMILES string of the molecule is NC1CCC(C(=O)c2ccc3c(c2)CC(=O)N3)CC1. The van der Waals surface area contributed by atoms with Gasteiger partial charge in [0.15, 0.2) is 5.78 Å². The Hall–Kier alpha value is -1.68. The minimum absolute atomic E-state index is 0.00300. The predicted molar refractivity (Wildman–Crippen MR) is 73.0 cm³/mol. The van der Waals surface area contributed by atoms with Crippen molar-refractivity contribution in [3.63, 3.8) is 0 Å². The minimum atomic E-state index is 0.00300. The van der Waals surface area contributed by atoms with Crippen molar-refractivity contribution in [1.82, 2.24) is 0 Å². The number of hydrogen-bond acceptors (Lipinski definition) is 3. The molecule has 1 aliphatic heterocycles. The molecule has 1 fully saturated rings. The maximum Gasteiger partial charge on any atom is 0.228 e. The first-order valence-corrected chi connectivity index (χ1v) is 6.86. The van der Waals surface area contributed by atoms with Crippen LogP contribution in [0.3, 0.4) is 0 Å². The summed E-state index contributed by atoms with van der Waals surface area (Å²) in [6.45, 7) is 0. The number of benzene rings is 1. The predicted octanol–water partition coefficient (Wildman–Crippen LogP) is 1.88. The molecule has 3 N–H and O–H groups in total. The number of Topliss-reactive ketones (excluding diaryl/α,β-unsaturated/α-hetero) is 1. The lowest BCUT2D eigenvalue weighted by atomic mass is 9.81. The van der Waals surface area contributed by atoms with Gasteiger partial charge in [0.1, 0.15) is 0 Å². The van der Waals surface area contributed by atoms with Crippen LogP contribution in [0.15, 0.2) is 18.2 Å². The third kappa shape index (κ3) is 2.40. The van der Waals surface area contributed by atoms with E-state index in [-0.39, 0.29) is 23.7 Å². The Bertz CT molecular complexity index is 531. The van der Waals surface area contributed by atoms with Gasteiger partial charge in [-0.2, -0.15) is 0 Å². The Morgan fingerprint density at radius 2 is 1.95 bits per heavy atom. The second kappa shape index (κ2) is 4.78. The summed E-state index contributed by atoms with van der Waals surface area (Å²) in [6, 6.07) is 5.78. The molecule has 0 bridgehead atoms. The number of ketones is 1. The normalized spacial score (nSPS) is 25.8. The van der Waals surface area contributed by atoms with E-state index in [4.69, 9.17) is 5.73 Å². The van der Waals surface area contributed by atoms with Gasteiger partial charge in [-0.1, -0.05) is 0 Å². The zero-order valence-electron chi connectivity index (χ0n) is 10.8. The largest absolute Gasteiger partial charge is 0.328 e. The van der Waals surface area contributed by atoms with E-state index in [1.165, 1.54) is 0 Å². The first-order valence-electron chi connectivity index (χ1n) is 6.86. The van der Waals surface area contributed by atoms with E-state index in [0.717, 1.165) is 42.5 Å². The van der Waals surface area contributed by atoms with Crippen molar-refractivity contribution >= 4 is 17.4 Å². The number of carbonyl (C=O) groups excluding carboxylic acids is 2. The van der Waals surface area contributed by atoms with E-state index in [1.54, 1.807) is 0 Å². The van der Waals surface area contributed by atoms with E-state index in [9.17, 15) is 9.59 Å². The molecule has 2 aliphatic rings. The van der Waals surface area contributed by atoms with Gasteiger partial charge in [0.25, 0.3) is 0 Å². The molecule has 19 heavy (non-hydrogen) atoms. The number of nitrogens with two attached hydrogens (primary N) is 1. The lowest BCUT2D eigenvalue weighted by Gasteiger charge is -2.25. The molecule has 3 rings (SSSR count). The first kappa shape index (κ1) is 12.4. The molecular weight excluding hydrogens is 240 g/mol. The Morgan fingerprint density at radius 3 is 2.68 bits per heavy atom. The summed E-state index contributed by atoms with van der Waals surface area (Å²) < 4.78 is 0. The topological polar surface area (TPSA) is 72.2 Å². The summed E-state index contributed by atoms with van der Waals surface area (Å²) in [5.74, 6) is 0.306. The molecule has 0 unspecified atom stereocenters. The van der Waals surface area contributed by atoms with Gasteiger partial charge in [-0.05, 0) is 49.4 Å². The molecule has 4 nitrogen and oxygen atoms in total. The summed E-state index contributed by atoms with van der Waals surface area (Å²) in [5, 5.41) is 2.78. The van der Waals surface area contributed by atoms with Crippen LogP contribution in [-0.2, 0) is 11.2 Å². The molecule has 1 aromatic carbocycles. The molecule has 4 heteroatoms. The average Bonchev–Trinajstić information content (AvgIpc) is 2.77. The monoisotopic (exact) mass is 258 g/mol. The van der Waals surface area contributed by atoms with Gasteiger partial charge in [-0.25, -0.2) is 0 Å². The zero-order chi connectivity index (χ0) is 13.4. The maximum absolute atomic E-state index is 12.4. The van der Waals surface area contributed by atoms with Crippen LogP contribution >= 0.6 is 0 Å². The highest BCUT2D eigenvalue weighted by Crippen LogP contribution is 2.29. The van der Waals surface area contributed by atoms with E-state index >= 15 is 0 Å². The number of fused-ring (bicyclic) bond motifs is 1. The van der Waals surface area contributed by atoms with Crippen molar-refractivity contribution < 1.29 is 9.59 Å². The fourth-order valence-corrected chi connectivity index (χ4v) is 3.00. The van der Waals surface area contributed by atoms with Crippen LogP contribution < -0.4 is 11.1 Å². The van der Waals surface area contributed by atoms with Crippen molar-refractivity contribution in [1.29, 1.82) is 0 Å². The van der Waals surface area contributed by atoms with Gasteiger partial charge >= 0.3 is 0 Å². The van der Waals surface area contributed by atoms with Crippen LogP contribution in [0.2, 0.25) is 0 Å². The number of anilines is 1. The van der Waals surface area contributed by atoms with Crippen molar-refractivity contribution in [2.24, 2.45) is 11.7 Å². The third-order valence-corrected chi connectivity index (χ3v) is 4.16. The Kier molecular flexibility index (Phi) is 3.11. The van der Waals surface area contributed by atoms with Crippen molar-refractivity contribution in [2.75, 3.05) is 5.32 Å². The van der Waals surface area contributed by atoms with Crippen LogP contribution in [0.4, 0.5) is 5.69 Å². The quantitative estimate of drug-likeness (QED) is 0.795. The Labute approximate surface area is 112 Å². The first-order chi connectivity index (χ1) is 9.13. The van der Waals surface area contributed by atoms with Gasteiger partial charge in [-0.3, -0.25) is 9.59 Å². The molecule has 1 heterocycles. The number of nitrogens with one attached hydrogen (secondary N) is 1. The standard InChI is InChI=1S/C15H18N2O2/c16-12-4-1-9(2-5-12)15(19)10-3-6-13-11(7-10)8-14(18)17-13/h3,6-7,9,12H,1-2,4-5,8,16H2,(H,17,18). The number of amides is 1. The summed E-state index contributed by atoms with van der Waals surface area (Å²) in [5.41, 5.74) is 8.37. The molecule has 1 amide bonds. The summed E-state index contributed by atoms with van der Waals surface area (Å²) >= 11 is 0. The van der Waals surface area contributed by atoms with Gasteiger partial charge in [0.05, 0.1) is 6.42 Å². The molecule has 1 aliphatic carbocycles. The third-order valence-electron chi connectivity index (χ3n) is 4.16. The lowest BCUT2D eigenvalue weighted by molar-refractivity contribution is -0.115. The van der Waals surface area contributed by atoms with E-state index < -0.39 is 0 Å². The Morgan fingerprint density at radius 1 is 1.21 bits per heavy atom. The van der Waals surface area contributed by atoms with Crippen LogP contribution in [0.5, 0.6) is 0 Å². The molecule has 1 aromatic rings. The van der Waals surface area contributed by atoms with Crippen LogP contribution in [0, 0.1) is 5.92 Å². The average molecular weight is 258 g/mol. The molecule has 0 spiro atoms. The summed E-state index contributed by atoms with van der Waals surface area (Å²) in [7, 11) is 0. The summed E-state index contributed by atoms with van der Waals surface area (Å²) in [4.78, 5) is 23.8. The Balaban J connectivity index is 1.77. The van der Waals surface area contributed by atoms with E-state index in [0.29, 0.717) is 6.42 Å². The van der Waals surface area contributed by atoms with Crippen LogP contribution in [-0.4, -0.2) is 17.7 Å². The lowest BCUT2D eigenvalue weighted by Crippen LogP contribution is -2.29. The highest BCUT2D eigenvalue weighted by atomic mass is 16.1. The maximum atomic E-state index is 12.4. The summed E-state index contributed by atoms with van der Waals surface area (Å²) in [6.07, 6.45) is 4.01. The highest BCUT2D eigenvalue weighted by Gasteiger charge is 2.26. The van der Waals surface area contributed by atoms with Gasteiger partial charge in [-0.15, -0.1) is 0 Å².